The SMILES string of the molecule is c1ccc(-c2ccc(N(c3ccccc3)c3nc(-c4cccc5oc6c(ccc7oc8ccccc8c76)c45)c4sc5ccccc5c4n3)cc2)cc1. The van der Waals surface area contributed by atoms with Crippen molar-refractivity contribution in [3.05, 3.63) is 164 Å². The maximum atomic E-state index is 6.72. The van der Waals surface area contributed by atoms with Gasteiger partial charge in [-0.15, -0.1) is 11.3 Å². The highest BCUT2D eigenvalue weighted by molar-refractivity contribution is 7.26. The lowest BCUT2D eigenvalue weighted by Crippen LogP contribution is -2.13. The van der Waals surface area contributed by atoms with Crippen LogP contribution < -0.4 is 4.90 Å². The third-order valence-corrected chi connectivity index (χ3v) is 11.1. The van der Waals surface area contributed by atoms with E-state index < -0.39 is 0 Å². The second-order valence-electron chi connectivity index (χ2n) is 12.9. The van der Waals surface area contributed by atoms with Crippen LogP contribution in [-0.4, -0.2) is 9.97 Å². The zero-order valence-corrected chi connectivity index (χ0v) is 28.5. The number of fused-ring (bicyclic) bond motifs is 10. The van der Waals surface area contributed by atoms with Gasteiger partial charge in [-0.25, -0.2) is 9.97 Å². The topological polar surface area (TPSA) is 55.3 Å². The number of rotatable bonds is 5. The molecule has 0 aliphatic carbocycles. The Morgan fingerprint density at radius 2 is 1.13 bits per heavy atom. The molecular formula is C46H27N3O2S. The predicted octanol–water partition coefficient (Wildman–Crippen LogP) is 13.4. The molecule has 0 bridgehead atoms. The molecule has 0 fully saturated rings. The summed E-state index contributed by atoms with van der Waals surface area (Å²) in [6, 6.07) is 56.5. The van der Waals surface area contributed by atoms with E-state index in [4.69, 9.17) is 18.8 Å². The number of para-hydroxylation sites is 2. The van der Waals surface area contributed by atoms with Gasteiger partial charge in [-0.2, -0.15) is 0 Å². The highest BCUT2D eigenvalue weighted by Gasteiger charge is 2.24. The number of thiophene rings is 1. The largest absolute Gasteiger partial charge is 0.456 e. The van der Waals surface area contributed by atoms with Crippen molar-refractivity contribution >= 4 is 92.8 Å². The van der Waals surface area contributed by atoms with Crippen LogP contribution in [-0.2, 0) is 0 Å². The number of anilines is 3. The number of furan rings is 2. The van der Waals surface area contributed by atoms with Gasteiger partial charge in [-0.05, 0) is 65.7 Å². The normalized spacial score (nSPS) is 11.8. The average molecular weight is 686 g/mol. The first-order chi connectivity index (χ1) is 25.8. The van der Waals surface area contributed by atoms with E-state index in [0.29, 0.717) is 5.95 Å². The van der Waals surface area contributed by atoms with E-state index in [1.807, 2.05) is 36.4 Å². The smallest absolute Gasteiger partial charge is 0.235 e. The van der Waals surface area contributed by atoms with E-state index in [9.17, 15) is 0 Å². The van der Waals surface area contributed by atoms with Gasteiger partial charge in [0.15, 0.2) is 0 Å². The van der Waals surface area contributed by atoms with Gasteiger partial charge >= 0.3 is 0 Å². The number of nitrogens with zero attached hydrogens (tertiary/aromatic N) is 3. The van der Waals surface area contributed by atoms with Crippen LogP contribution in [0.1, 0.15) is 0 Å². The first-order valence-corrected chi connectivity index (χ1v) is 18.1. The molecular weight excluding hydrogens is 659 g/mol. The Balaban J connectivity index is 1.19. The van der Waals surface area contributed by atoms with Gasteiger partial charge in [0.2, 0.25) is 5.95 Å². The molecule has 0 N–H and O–H groups in total. The summed E-state index contributed by atoms with van der Waals surface area (Å²) in [6.45, 7) is 0. The Bertz CT molecular complexity index is 3130. The Morgan fingerprint density at radius 1 is 0.462 bits per heavy atom. The summed E-state index contributed by atoms with van der Waals surface area (Å²) in [5.41, 5.74) is 10.3. The van der Waals surface area contributed by atoms with Gasteiger partial charge in [0.25, 0.3) is 0 Å². The molecule has 0 saturated heterocycles. The van der Waals surface area contributed by atoms with Crippen LogP contribution >= 0.6 is 11.3 Å². The van der Waals surface area contributed by atoms with Crippen LogP contribution in [0.4, 0.5) is 17.3 Å². The molecule has 0 aliphatic rings. The van der Waals surface area contributed by atoms with Gasteiger partial charge < -0.3 is 8.83 Å². The standard InChI is InChI=1S/C46H27N3O2S/c1-3-12-28(13-4-1)29-22-24-31(25-23-29)49(30-14-5-2-6-15-30)46-47-42-33-17-8-10-21-39(33)52-45(42)43(48-46)34-18-11-20-37-40(34)35-26-27-38-41(44(35)51-37)32-16-7-9-19-36(32)50-38/h1-27H. The van der Waals surface area contributed by atoms with Crippen LogP contribution in [0.25, 0.3) is 86.6 Å². The Labute approximate surface area is 301 Å². The molecule has 7 aromatic carbocycles. The fourth-order valence-corrected chi connectivity index (χ4v) is 8.69. The minimum absolute atomic E-state index is 0.595. The highest BCUT2D eigenvalue weighted by atomic mass is 32.1. The minimum Gasteiger partial charge on any atom is -0.456 e. The van der Waals surface area contributed by atoms with Gasteiger partial charge in [0.05, 0.1) is 21.3 Å². The van der Waals surface area contributed by atoms with E-state index in [2.05, 4.69) is 132 Å². The summed E-state index contributed by atoms with van der Waals surface area (Å²) >= 11 is 1.73. The van der Waals surface area contributed by atoms with Crippen molar-refractivity contribution in [2.75, 3.05) is 4.90 Å². The summed E-state index contributed by atoms with van der Waals surface area (Å²) < 4.78 is 15.2. The van der Waals surface area contributed by atoms with E-state index in [-0.39, 0.29) is 0 Å². The summed E-state index contributed by atoms with van der Waals surface area (Å²) in [4.78, 5) is 13.0. The summed E-state index contributed by atoms with van der Waals surface area (Å²) in [5.74, 6) is 0.595. The van der Waals surface area contributed by atoms with Gasteiger partial charge in [-0.3, -0.25) is 4.90 Å². The molecule has 11 aromatic rings. The third-order valence-electron chi connectivity index (χ3n) is 9.91. The zero-order valence-electron chi connectivity index (χ0n) is 27.7. The average Bonchev–Trinajstić information content (AvgIpc) is 3.90. The predicted molar refractivity (Wildman–Crippen MR) is 215 cm³/mol. The first kappa shape index (κ1) is 29.0. The molecule has 0 spiro atoms. The molecule has 0 amide bonds. The van der Waals surface area contributed by atoms with Crippen molar-refractivity contribution in [3.8, 4) is 22.4 Å². The van der Waals surface area contributed by atoms with Crippen LogP contribution in [0.5, 0.6) is 0 Å². The molecule has 0 aliphatic heterocycles. The summed E-state index contributed by atoms with van der Waals surface area (Å²) in [5, 5.41) is 5.18. The molecule has 4 heterocycles. The molecule has 244 valence electrons. The van der Waals surface area contributed by atoms with Crippen LogP contribution in [0.2, 0.25) is 0 Å². The van der Waals surface area contributed by atoms with Gasteiger partial charge in [0.1, 0.15) is 22.3 Å². The summed E-state index contributed by atoms with van der Waals surface area (Å²) in [7, 11) is 0. The minimum atomic E-state index is 0.595. The van der Waals surface area contributed by atoms with E-state index in [1.54, 1.807) is 11.3 Å². The highest BCUT2D eigenvalue weighted by Crippen LogP contribution is 2.46. The lowest BCUT2D eigenvalue weighted by Gasteiger charge is -2.24. The van der Waals surface area contributed by atoms with Gasteiger partial charge in [0, 0.05) is 43.2 Å². The van der Waals surface area contributed by atoms with Crippen molar-refractivity contribution in [1.29, 1.82) is 0 Å². The van der Waals surface area contributed by atoms with Crippen LogP contribution in [0.3, 0.4) is 0 Å². The van der Waals surface area contributed by atoms with Crippen LogP contribution in [0.15, 0.2) is 173 Å². The summed E-state index contributed by atoms with van der Waals surface area (Å²) in [6.07, 6.45) is 0. The van der Waals surface area contributed by atoms with Crippen molar-refractivity contribution < 1.29 is 8.83 Å². The number of benzene rings is 7. The van der Waals surface area contributed by atoms with E-state index in [0.717, 1.165) is 87.7 Å². The second kappa shape index (κ2) is 11.4. The van der Waals surface area contributed by atoms with Crippen molar-refractivity contribution in [3.63, 3.8) is 0 Å². The van der Waals surface area contributed by atoms with Crippen molar-refractivity contribution in [2.24, 2.45) is 0 Å². The monoisotopic (exact) mass is 685 g/mol. The van der Waals surface area contributed by atoms with Gasteiger partial charge in [-0.1, -0.05) is 109 Å². The molecule has 0 radical (unpaired) electrons. The van der Waals surface area contributed by atoms with E-state index in [1.165, 1.54) is 10.3 Å². The Hall–Kier alpha value is -6.76. The maximum absolute atomic E-state index is 6.72. The maximum Gasteiger partial charge on any atom is 0.235 e. The molecule has 11 rings (SSSR count). The number of hydrogen-bond donors (Lipinski definition) is 0. The van der Waals surface area contributed by atoms with Crippen molar-refractivity contribution in [2.45, 2.75) is 0 Å². The molecule has 5 nitrogen and oxygen atoms in total. The lowest BCUT2D eigenvalue weighted by molar-refractivity contribution is 0.663. The van der Waals surface area contributed by atoms with Crippen molar-refractivity contribution in [1.82, 2.24) is 9.97 Å². The fourth-order valence-electron chi connectivity index (χ4n) is 7.54. The molecule has 6 heteroatoms. The molecule has 0 unspecified atom stereocenters. The third kappa shape index (κ3) is 4.41. The Morgan fingerprint density at radius 3 is 1.98 bits per heavy atom. The number of hydrogen-bond acceptors (Lipinski definition) is 6. The molecule has 0 saturated carbocycles. The second-order valence-corrected chi connectivity index (χ2v) is 14.0. The Kier molecular flexibility index (Phi) is 6.35. The molecule has 52 heavy (non-hydrogen) atoms. The van der Waals surface area contributed by atoms with E-state index >= 15 is 0 Å². The fraction of sp³-hybridized carbons (Fsp3) is 0. The first-order valence-electron chi connectivity index (χ1n) is 17.2. The quantitative estimate of drug-likeness (QED) is 0.180. The molecule has 0 atom stereocenters. The number of aromatic nitrogens is 2. The lowest BCUT2D eigenvalue weighted by atomic mass is 10.0. The zero-order chi connectivity index (χ0) is 34.2. The van der Waals surface area contributed by atoms with Crippen LogP contribution in [0, 0.1) is 0 Å². The molecule has 4 aromatic heterocycles.